The van der Waals surface area contributed by atoms with Gasteiger partial charge >= 0.3 is 0 Å². The second-order valence-corrected chi connectivity index (χ2v) is 8.32. The van der Waals surface area contributed by atoms with Crippen LogP contribution in [0.25, 0.3) is 0 Å². The first kappa shape index (κ1) is 19.2. The summed E-state index contributed by atoms with van der Waals surface area (Å²) in [4.78, 5) is 0. The average Bonchev–Trinajstić information content (AvgIpc) is 2.65. The SMILES string of the molecule is CCCOCC[C@@H](CCl)OC(=S)N[C@H]1CS(=O)(=O)C[C@@H]1Cl. The molecular weight excluding hydrogens is 357 g/mol. The smallest absolute Gasteiger partial charge is 0.257 e. The number of ether oxygens (including phenoxy) is 2. The third-order valence-corrected chi connectivity index (χ3v) is 5.90. The third-order valence-electron chi connectivity index (χ3n) is 2.96. The van der Waals surface area contributed by atoms with Gasteiger partial charge < -0.3 is 14.8 Å². The van der Waals surface area contributed by atoms with Crippen molar-refractivity contribution in [3.05, 3.63) is 0 Å². The average molecular weight is 378 g/mol. The van der Waals surface area contributed by atoms with Crippen LogP contribution in [0.2, 0.25) is 0 Å². The van der Waals surface area contributed by atoms with Gasteiger partial charge in [0.15, 0.2) is 9.84 Å². The quantitative estimate of drug-likeness (QED) is 0.394. The molecule has 0 amide bonds. The maximum absolute atomic E-state index is 11.5. The van der Waals surface area contributed by atoms with Crippen LogP contribution in [0.5, 0.6) is 0 Å². The minimum absolute atomic E-state index is 0.0319. The molecule has 0 aliphatic carbocycles. The van der Waals surface area contributed by atoms with E-state index in [9.17, 15) is 8.42 Å². The topological polar surface area (TPSA) is 64.6 Å². The molecule has 1 aliphatic rings. The highest BCUT2D eigenvalue weighted by Crippen LogP contribution is 2.18. The fourth-order valence-electron chi connectivity index (χ4n) is 1.90. The van der Waals surface area contributed by atoms with Gasteiger partial charge in [-0.3, -0.25) is 0 Å². The minimum atomic E-state index is -3.10. The second kappa shape index (κ2) is 9.35. The highest BCUT2D eigenvalue weighted by atomic mass is 35.5. The van der Waals surface area contributed by atoms with Crippen LogP contribution in [-0.4, -0.2) is 61.7 Å². The summed E-state index contributed by atoms with van der Waals surface area (Å²) in [5.74, 6) is 0.207. The third kappa shape index (κ3) is 7.32. The normalized spacial score (nSPS) is 25.5. The Labute approximate surface area is 141 Å². The van der Waals surface area contributed by atoms with Crippen LogP contribution in [0.4, 0.5) is 0 Å². The Morgan fingerprint density at radius 2 is 2.14 bits per heavy atom. The Hall–Kier alpha value is 0.180. The summed E-state index contributed by atoms with van der Waals surface area (Å²) in [5, 5.41) is 2.48. The fraction of sp³-hybridized carbons (Fsp3) is 0.917. The van der Waals surface area contributed by atoms with Crippen molar-refractivity contribution in [2.75, 3.05) is 30.6 Å². The summed E-state index contributed by atoms with van der Waals surface area (Å²) in [7, 11) is -3.10. The van der Waals surface area contributed by atoms with Crippen LogP contribution in [0, 0.1) is 0 Å². The van der Waals surface area contributed by atoms with Crippen molar-refractivity contribution in [3.8, 4) is 0 Å². The van der Waals surface area contributed by atoms with Gasteiger partial charge in [0.05, 0.1) is 35.4 Å². The molecule has 0 aromatic carbocycles. The summed E-state index contributed by atoms with van der Waals surface area (Å²) >= 11 is 16.9. The highest BCUT2D eigenvalue weighted by Gasteiger charge is 2.37. The van der Waals surface area contributed by atoms with Gasteiger partial charge in [0.25, 0.3) is 5.17 Å². The van der Waals surface area contributed by atoms with Crippen LogP contribution in [0.15, 0.2) is 0 Å². The molecule has 21 heavy (non-hydrogen) atoms. The van der Waals surface area contributed by atoms with Crippen molar-refractivity contribution in [1.29, 1.82) is 0 Å². The summed E-state index contributed by atoms with van der Waals surface area (Å²) in [5.41, 5.74) is 0. The van der Waals surface area contributed by atoms with Crippen molar-refractivity contribution in [3.63, 3.8) is 0 Å². The lowest BCUT2D eigenvalue weighted by molar-refractivity contribution is 0.0945. The predicted octanol–water partition coefficient (Wildman–Crippen LogP) is 1.71. The van der Waals surface area contributed by atoms with Gasteiger partial charge in [-0.1, -0.05) is 6.92 Å². The largest absolute Gasteiger partial charge is 0.466 e. The van der Waals surface area contributed by atoms with E-state index in [4.69, 9.17) is 44.9 Å². The van der Waals surface area contributed by atoms with E-state index in [1.807, 2.05) is 6.92 Å². The molecule has 0 aromatic rings. The Balaban J connectivity index is 2.34. The molecule has 1 N–H and O–H groups in total. The molecule has 0 bridgehead atoms. The lowest BCUT2D eigenvalue weighted by atomic mass is 10.2. The molecule has 1 aliphatic heterocycles. The summed E-state index contributed by atoms with van der Waals surface area (Å²) in [6, 6.07) is -0.420. The number of alkyl halides is 2. The maximum atomic E-state index is 11.5. The maximum Gasteiger partial charge on any atom is 0.257 e. The Kier molecular flexibility index (Phi) is 8.56. The minimum Gasteiger partial charge on any atom is -0.466 e. The van der Waals surface area contributed by atoms with Crippen molar-refractivity contribution in [2.45, 2.75) is 37.3 Å². The Bertz CT molecular complexity index is 433. The number of thiocarbonyl (C=S) groups is 1. The van der Waals surface area contributed by atoms with Gasteiger partial charge in [-0.15, -0.1) is 23.2 Å². The van der Waals surface area contributed by atoms with E-state index in [0.29, 0.717) is 19.6 Å². The van der Waals surface area contributed by atoms with E-state index in [2.05, 4.69) is 5.32 Å². The summed E-state index contributed by atoms with van der Waals surface area (Å²) in [6.07, 6.45) is 1.31. The molecule has 0 spiro atoms. The van der Waals surface area contributed by atoms with Crippen molar-refractivity contribution >= 4 is 50.4 Å². The highest BCUT2D eigenvalue weighted by molar-refractivity contribution is 7.91. The predicted molar refractivity (Wildman–Crippen MR) is 89.1 cm³/mol. The molecule has 9 heteroatoms. The zero-order valence-electron chi connectivity index (χ0n) is 11.9. The first-order chi connectivity index (χ1) is 9.88. The zero-order chi connectivity index (χ0) is 15.9. The number of hydrogen-bond acceptors (Lipinski definition) is 5. The van der Waals surface area contributed by atoms with Gasteiger partial charge in [-0.05, 0) is 18.6 Å². The van der Waals surface area contributed by atoms with Crippen LogP contribution in [-0.2, 0) is 19.3 Å². The molecule has 124 valence electrons. The zero-order valence-corrected chi connectivity index (χ0v) is 15.0. The van der Waals surface area contributed by atoms with Crippen LogP contribution in [0.1, 0.15) is 19.8 Å². The summed E-state index contributed by atoms with van der Waals surface area (Å²) in [6.45, 7) is 3.28. The number of halogens is 2. The van der Waals surface area contributed by atoms with Gasteiger partial charge in [-0.2, -0.15) is 0 Å². The number of nitrogens with one attached hydrogen (secondary N) is 1. The molecule has 0 radical (unpaired) electrons. The van der Waals surface area contributed by atoms with E-state index in [-0.39, 0.29) is 28.7 Å². The number of hydrogen-bond donors (Lipinski definition) is 1. The molecular formula is C12H21Cl2NO4S2. The Morgan fingerprint density at radius 1 is 1.43 bits per heavy atom. The lowest BCUT2D eigenvalue weighted by Crippen LogP contribution is -2.42. The first-order valence-corrected chi connectivity index (χ1v) is 10.0. The van der Waals surface area contributed by atoms with Crippen LogP contribution in [0.3, 0.4) is 0 Å². The van der Waals surface area contributed by atoms with Crippen molar-refractivity contribution in [2.24, 2.45) is 0 Å². The van der Waals surface area contributed by atoms with Gasteiger partial charge in [-0.25, -0.2) is 8.42 Å². The van der Waals surface area contributed by atoms with Crippen molar-refractivity contribution < 1.29 is 17.9 Å². The molecule has 5 nitrogen and oxygen atoms in total. The molecule has 0 unspecified atom stereocenters. The lowest BCUT2D eigenvalue weighted by Gasteiger charge is -2.21. The van der Waals surface area contributed by atoms with Gasteiger partial charge in [0.2, 0.25) is 0 Å². The molecule has 3 atom stereocenters. The van der Waals surface area contributed by atoms with Crippen LogP contribution >= 0.6 is 35.4 Å². The van der Waals surface area contributed by atoms with Gasteiger partial charge in [0, 0.05) is 13.0 Å². The molecule has 1 heterocycles. The molecule has 0 saturated carbocycles. The number of sulfone groups is 1. The monoisotopic (exact) mass is 377 g/mol. The summed E-state index contributed by atoms with van der Waals surface area (Å²) < 4.78 is 33.8. The second-order valence-electron chi connectivity index (χ2n) is 4.93. The first-order valence-electron chi connectivity index (χ1n) is 6.83. The van der Waals surface area contributed by atoms with Crippen molar-refractivity contribution in [1.82, 2.24) is 5.32 Å². The standard InChI is InChI=1S/C12H21Cl2NO4S2/c1-2-4-18-5-3-9(6-13)19-12(20)15-11-8-21(16,17)7-10(11)14/h9-11H,2-8H2,1H3,(H,15,20)/t9-,10-,11-/m0/s1. The van der Waals surface area contributed by atoms with Crippen LogP contribution < -0.4 is 5.32 Å². The van der Waals surface area contributed by atoms with E-state index in [1.165, 1.54) is 0 Å². The fourth-order valence-corrected chi connectivity index (χ4v) is 4.96. The van der Waals surface area contributed by atoms with E-state index in [1.54, 1.807) is 0 Å². The van der Waals surface area contributed by atoms with E-state index >= 15 is 0 Å². The molecule has 1 saturated heterocycles. The van der Waals surface area contributed by atoms with Gasteiger partial charge in [0.1, 0.15) is 6.10 Å². The molecule has 1 rings (SSSR count). The molecule has 1 fully saturated rings. The van der Waals surface area contributed by atoms with E-state index in [0.717, 1.165) is 6.42 Å². The van der Waals surface area contributed by atoms with E-state index < -0.39 is 21.3 Å². The molecule has 0 aromatic heterocycles. The Morgan fingerprint density at radius 3 is 2.67 bits per heavy atom. The number of rotatable bonds is 8.